The summed E-state index contributed by atoms with van der Waals surface area (Å²) in [5.41, 5.74) is 6.38. The number of nitrogens with two attached hydrogens (primary N) is 1. The maximum Gasteiger partial charge on any atom is 0.163 e. The van der Waals surface area contributed by atoms with Gasteiger partial charge in [0.05, 0.1) is 13.2 Å². The zero-order valence-corrected chi connectivity index (χ0v) is 9.93. The van der Waals surface area contributed by atoms with Crippen LogP contribution in [0.4, 0.5) is 5.69 Å². The van der Waals surface area contributed by atoms with Crippen molar-refractivity contribution in [2.24, 2.45) is 0 Å². The molecule has 1 aromatic rings. The van der Waals surface area contributed by atoms with Crippen LogP contribution >= 0.6 is 15.9 Å². The van der Waals surface area contributed by atoms with E-state index in [0.29, 0.717) is 24.7 Å². The molecular weight excluding hydrogens is 246 g/mol. The normalized spacial score (nSPS) is 9.93. The molecule has 4 heteroatoms. The van der Waals surface area contributed by atoms with Crippen molar-refractivity contribution >= 4 is 21.6 Å². The highest BCUT2D eigenvalue weighted by Crippen LogP contribution is 2.35. The Labute approximate surface area is 92.3 Å². The van der Waals surface area contributed by atoms with Gasteiger partial charge in [-0.1, -0.05) is 0 Å². The van der Waals surface area contributed by atoms with Crippen molar-refractivity contribution in [2.45, 2.75) is 13.8 Å². The smallest absolute Gasteiger partial charge is 0.163 e. The summed E-state index contributed by atoms with van der Waals surface area (Å²) in [6, 6.07) is 3.59. The van der Waals surface area contributed by atoms with Crippen LogP contribution in [0.25, 0.3) is 0 Å². The lowest BCUT2D eigenvalue weighted by atomic mass is 10.3. The molecule has 0 heterocycles. The molecule has 14 heavy (non-hydrogen) atoms. The van der Waals surface area contributed by atoms with Crippen LogP contribution < -0.4 is 15.2 Å². The molecule has 0 aliphatic rings. The van der Waals surface area contributed by atoms with Gasteiger partial charge < -0.3 is 15.2 Å². The molecule has 0 saturated heterocycles. The summed E-state index contributed by atoms with van der Waals surface area (Å²) >= 11 is 3.34. The first-order valence-electron chi connectivity index (χ1n) is 4.53. The van der Waals surface area contributed by atoms with E-state index in [9.17, 15) is 0 Å². The monoisotopic (exact) mass is 259 g/mol. The lowest BCUT2D eigenvalue weighted by Gasteiger charge is -2.12. The highest BCUT2D eigenvalue weighted by molar-refractivity contribution is 9.10. The minimum Gasteiger partial charge on any atom is -0.490 e. The van der Waals surface area contributed by atoms with E-state index < -0.39 is 0 Å². The molecule has 0 fully saturated rings. The summed E-state index contributed by atoms with van der Waals surface area (Å²) in [5.74, 6) is 1.41. The van der Waals surface area contributed by atoms with Gasteiger partial charge in [-0.15, -0.1) is 0 Å². The molecule has 0 amide bonds. The molecule has 0 aliphatic carbocycles. The largest absolute Gasteiger partial charge is 0.490 e. The summed E-state index contributed by atoms with van der Waals surface area (Å²) in [7, 11) is 0. The van der Waals surface area contributed by atoms with E-state index in [4.69, 9.17) is 15.2 Å². The second-order valence-corrected chi connectivity index (χ2v) is 3.54. The molecule has 0 atom stereocenters. The summed E-state index contributed by atoms with van der Waals surface area (Å²) in [6.45, 7) is 5.06. The van der Waals surface area contributed by atoms with Gasteiger partial charge in [0.15, 0.2) is 11.5 Å². The van der Waals surface area contributed by atoms with E-state index >= 15 is 0 Å². The van der Waals surface area contributed by atoms with Crippen LogP contribution in [0.1, 0.15) is 13.8 Å². The predicted octanol–water partition coefficient (Wildman–Crippen LogP) is 2.83. The summed E-state index contributed by atoms with van der Waals surface area (Å²) in [5, 5.41) is 0. The number of anilines is 1. The average Bonchev–Trinajstić information content (AvgIpc) is 2.14. The predicted molar refractivity (Wildman–Crippen MR) is 60.9 cm³/mol. The zero-order valence-electron chi connectivity index (χ0n) is 8.34. The van der Waals surface area contributed by atoms with Gasteiger partial charge in [0.25, 0.3) is 0 Å². The van der Waals surface area contributed by atoms with Crippen molar-refractivity contribution < 1.29 is 9.47 Å². The highest BCUT2D eigenvalue weighted by Gasteiger charge is 2.08. The average molecular weight is 260 g/mol. The van der Waals surface area contributed by atoms with Gasteiger partial charge in [0.2, 0.25) is 0 Å². The van der Waals surface area contributed by atoms with E-state index in [1.165, 1.54) is 0 Å². The summed E-state index contributed by atoms with van der Waals surface area (Å²) < 4.78 is 11.6. The lowest BCUT2D eigenvalue weighted by molar-refractivity contribution is 0.288. The molecule has 78 valence electrons. The van der Waals surface area contributed by atoms with Gasteiger partial charge in [-0.25, -0.2) is 0 Å². The maximum atomic E-state index is 5.73. The Morgan fingerprint density at radius 1 is 1.14 bits per heavy atom. The topological polar surface area (TPSA) is 44.5 Å². The van der Waals surface area contributed by atoms with Gasteiger partial charge in [0, 0.05) is 22.3 Å². The van der Waals surface area contributed by atoms with Gasteiger partial charge in [-0.05, 0) is 29.8 Å². The van der Waals surface area contributed by atoms with Crippen LogP contribution in [0.2, 0.25) is 0 Å². The third-order valence-corrected chi connectivity index (χ3v) is 2.35. The van der Waals surface area contributed by atoms with E-state index in [2.05, 4.69) is 15.9 Å². The summed E-state index contributed by atoms with van der Waals surface area (Å²) in [6.07, 6.45) is 0. The maximum absolute atomic E-state index is 5.73. The first-order valence-corrected chi connectivity index (χ1v) is 5.33. The molecule has 0 spiro atoms. The van der Waals surface area contributed by atoms with Gasteiger partial charge in [-0.3, -0.25) is 0 Å². The number of hydrogen-bond donors (Lipinski definition) is 1. The third kappa shape index (κ3) is 2.54. The van der Waals surface area contributed by atoms with E-state index in [1.807, 2.05) is 19.9 Å². The van der Waals surface area contributed by atoms with Gasteiger partial charge >= 0.3 is 0 Å². The molecule has 2 N–H and O–H groups in total. The van der Waals surface area contributed by atoms with Crippen molar-refractivity contribution in [1.29, 1.82) is 0 Å². The Morgan fingerprint density at radius 2 is 1.64 bits per heavy atom. The van der Waals surface area contributed by atoms with E-state index in [0.717, 1.165) is 10.2 Å². The Bertz CT molecular complexity index is 284. The standard InChI is InChI=1S/C10H14BrNO2/c1-3-13-9-5-7(11)8(12)6-10(9)14-4-2/h5-6H,3-4,12H2,1-2H3. The number of nitrogen functional groups attached to an aromatic ring is 1. The fourth-order valence-electron chi connectivity index (χ4n) is 1.09. The number of ether oxygens (including phenoxy) is 2. The molecule has 0 unspecified atom stereocenters. The Hall–Kier alpha value is -0.900. The minimum absolute atomic E-state index is 0.598. The Balaban J connectivity index is 3.03. The molecule has 0 aliphatic heterocycles. The number of halogens is 1. The van der Waals surface area contributed by atoms with E-state index in [-0.39, 0.29) is 0 Å². The van der Waals surface area contributed by atoms with Crippen molar-refractivity contribution in [3.63, 3.8) is 0 Å². The van der Waals surface area contributed by atoms with Crippen LogP contribution in [0.5, 0.6) is 11.5 Å². The van der Waals surface area contributed by atoms with Gasteiger partial charge in [-0.2, -0.15) is 0 Å². The van der Waals surface area contributed by atoms with Crippen molar-refractivity contribution in [3.05, 3.63) is 16.6 Å². The van der Waals surface area contributed by atoms with Crippen LogP contribution in [-0.4, -0.2) is 13.2 Å². The third-order valence-electron chi connectivity index (χ3n) is 1.66. The SMILES string of the molecule is CCOc1cc(N)c(Br)cc1OCC. The zero-order chi connectivity index (χ0) is 10.6. The van der Waals surface area contributed by atoms with Gasteiger partial charge in [0.1, 0.15) is 0 Å². The number of benzene rings is 1. The molecule has 1 rings (SSSR count). The molecule has 0 bridgehead atoms. The first kappa shape index (κ1) is 11.2. The quantitative estimate of drug-likeness (QED) is 0.846. The van der Waals surface area contributed by atoms with Crippen LogP contribution in [-0.2, 0) is 0 Å². The van der Waals surface area contributed by atoms with Crippen molar-refractivity contribution in [3.8, 4) is 11.5 Å². The molecule has 3 nitrogen and oxygen atoms in total. The lowest BCUT2D eigenvalue weighted by Crippen LogP contribution is -1.99. The minimum atomic E-state index is 0.598. The fraction of sp³-hybridized carbons (Fsp3) is 0.400. The Morgan fingerprint density at radius 3 is 2.14 bits per heavy atom. The Kier molecular flexibility index (Phi) is 4.07. The molecule has 0 saturated carbocycles. The molecule has 0 radical (unpaired) electrons. The number of hydrogen-bond acceptors (Lipinski definition) is 3. The fourth-order valence-corrected chi connectivity index (χ4v) is 1.41. The molecular formula is C10H14BrNO2. The second-order valence-electron chi connectivity index (χ2n) is 2.69. The van der Waals surface area contributed by atoms with Crippen LogP contribution in [0, 0.1) is 0 Å². The second kappa shape index (κ2) is 5.10. The van der Waals surface area contributed by atoms with Crippen molar-refractivity contribution in [1.82, 2.24) is 0 Å². The summed E-state index contributed by atoms with van der Waals surface area (Å²) in [4.78, 5) is 0. The molecule has 0 aromatic heterocycles. The van der Waals surface area contributed by atoms with E-state index in [1.54, 1.807) is 6.07 Å². The highest BCUT2D eigenvalue weighted by atomic mass is 79.9. The first-order chi connectivity index (χ1) is 6.69. The van der Waals surface area contributed by atoms with Crippen molar-refractivity contribution in [2.75, 3.05) is 18.9 Å². The number of rotatable bonds is 4. The molecule has 1 aromatic carbocycles. The van der Waals surface area contributed by atoms with Crippen LogP contribution in [0.3, 0.4) is 0 Å². The van der Waals surface area contributed by atoms with Crippen LogP contribution in [0.15, 0.2) is 16.6 Å².